The van der Waals surface area contributed by atoms with Crippen molar-refractivity contribution in [2.45, 2.75) is 68.8 Å². The van der Waals surface area contributed by atoms with Gasteiger partial charge >= 0.3 is 11.9 Å². The van der Waals surface area contributed by atoms with Crippen LogP contribution in [-0.2, 0) is 25.2 Å². The van der Waals surface area contributed by atoms with Crippen LogP contribution < -0.4 is 0 Å². The maximum atomic E-state index is 12.8. The Morgan fingerprint density at radius 1 is 0.667 bits per heavy atom. The molecule has 4 aromatic rings. The van der Waals surface area contributed by atoms with Gasteiger partial charge in [-0.3, -0.25) is 9.59 Å². The molecule has 0 saturated carbocycles. The number of carbonyl (C=O) groups excluding carboxylic acids is 1. The first-order valence-corrected chi connectivity index (χ1v) is 15.2. The summed E-state index contributed by atoms with van der Waals surface area (Å²) in [5.74, 6) is -1.49. The van der Waals surface area contributed by atoms with Gasteiger partial charge < -0.3 is 9.84 Å². The summed E-state index contributed by atoms with van der Waals surface area (Å²) in [6.45, 7) is 5.76. The van der Waals surface area contributed by atoms with E-state index < -0.39 is 22.9 Å². The summed E-state index contributed by atoms with van der Waals surface area (Å²) >= 11 is 0. The molecular formula is C38H36O4. The highest BCUT2D eigenvalue weighted by atomic mass is 16.5. The molecule has 2 unspecified atom stereocenters. The van der Waals surface area contributed by atoms with Crippen molar-refractivity contribution in [3.8, 4) is 0 Å². The van der Waals surface area contributed by atoms with Crippen molar-refractivity contribution in [2.24, 2.45) is 5.92 Å². The quantitative estimate of drug-likeness (QED) is 0.237. The number of carboxylic acids is 1. The Morgan fingerprint density at radius 3 is 1.40 bits per heavy atom. The van der Waals surface area contributed by atoms with Crippen LogP contribution in [0.4, 0.5) is 0 Å². The fourth-order valence-corrected chi connectivity index (χ4v) is 9.48. The van der Waals surface area contributed by atoms with Crippen LogP contribution >= 0.6 is 0 Å². The molecule has 6 aliphatic rings. The Kier molecular flexibility index (Phi) is 6.16. The number of aliphatic carboxylic acids is 1. The summed E-state index contributed by atoms with van der Waals surface area (Å²) in [4.78, 5) is 25.4. The van der Waals surface area contributed by atoms with Gasteiger partial charge in [-0.25, -0.2) is 0 Å². The zero-order valence-corrected chi connectivity index (χ0v) is 24.3. The normalized spacial score (nSPS) is 25.6. The Balaban J connectivity index is 1.76. The average molecular weight is 557 g/mol. The first-order valence-electron chi connectivity index (χ1n) is 15.2. The lowest BCUT2D eigenvalue weighted by molar-refractivity contribution is -0.150. The van der Waals surface area contributed by atoms with E-state index in [9.17, 15) is 14.7 Å². The number of hydrogen-bond donors (Lipinski definition) is 1. The minimum Gasteiger partial charge on any atom is -0.481 e. The molecule has 0 spiro atoms. The van der Waals surface area contributed by atoms with E-state index in [1.807, 2.05) is 0 Å². The highest BCUT2D eigenvalue weighted by Gasteiger charge is 2.66. The van der Waals surface area contributed by atoms with E-state index >= 15 is 0 Å². The van der Waals surface area contributed by atoms with E-state index in [1.165, 1.54) is 51.4 Å². The number of hydrogen-bond acceptors (Lipinski definition) is 3. The molecule has 0 radical (unpaired) electrons. The molecule has 0 aliphatic heterocycles. The molecule has 4 heteroatoms. The van der Waals surface area contributed by atoms with Crippen LogP contribution in [0.5, 0.6) is 0 Å². The Bertz CT molecular complexity index is 1500. The third-order valence-electron chi connectivity index (χ3n) is 10.5. The molecule has 4 nitrogen and oxygen atoms in total. The minimum absolute atomic E-state index is 0.0703. The lowest BCUT2D eigenvalue weighted by Gasteiger charge is -2.63. The Hall–Kier alpha value is -4.18. The molecule has 1 N–H and O–H groups in total. The summed E-state index contributed by atoms with van der Waals surface area (Å²) < 4.78 is 6.38. The van der Waals surface area contributed by atoms with Gasteiger partial charge in [0.25, 0.3) is 0 Å². The van der Waals surface area contributed by atoms with E-state index in [0.717, 1.165) is 6.42 Å². The fraction of sp³-hybridized carbons (Fsp3) is 0.316. The molecule has 0 saturated heterocycles. The number of rotatable bonds is 7. The largest absolute Gasteiger partial charge is 0.481 e. The Labute approximate surface area is 247 Å². The minimum atomic E-state index is -0.775. The number of carbonyl (C=O) groups is 2. The van der Waals surface area contributed by atoms with Crippen molar-refractivity contribution < 1.29 is 19.4 Å². The Morgan fingerprint density at radius 2 is 1.05 bits per heavy atom. The van der Waals surface area contributed by atoms with Gasteiger partial charge in [0.15, 0.2) is 0 Å². The van der Waals surface area contributed by atoms with Gasteiger partial charge in [0.1, 0.15) is 6.10 Å². The number of benzene rings is 4. The van der Waals surface area contributed by atoms with Gasteiger partial charge in [-0.2, -0.15) is 0 Å². The van der Waals surface area contributed by atoms with Crippen molar-refractivity contribution in [2.75, 3.05) is 0 Å². The van der Waals surface area contributed by atoms with E-state index in [0.29, 0.717) is 6.42 Å². The molecule has 10 rings (SSSR count). The van der Waals surface area contributed by atoms with Crippen LogP contribution in [0.1, 0.15) is 96.4 Å². The molecule has 2 atom stereocenters. The van der Waals surface area contributed by atoms with Crippen LogP contribution in [0, 0.1) is 5.92 Å². The zero-order valence-electron chi connectivity index (χ0n) is 24.3. The maximum Gasteiger partial charge on any atom is 0.303 e. The summed E-state index contributed by atoms with van der Waals surface area (Å²) in [6.07, 6.45) is 1.02. The van der Waals surface area contributed by atoms with Gasteiger partial charge in [-0.05, 0) is 56.8 Å². The van der Waals surface area contributed by atoms with Gasteiger partial charge in [0, 0.05) is 30.6 Å². The molecule has 0 amide bonds. The third-order valence-corrected chi connectivity index (χ3v) is 10.5. The van der Waals surface area contributed by atoms with Crippen molar-refractivity contribution in [1.82, 2.24) is 0 Å². The maximum absolute atomic E-state index is 12.8. The van der Waals surface area contributed by atoms with Crippen molar-refractivity contribution in [3.63, 3.8) is 0 Å². The van der Waals surface area contributed by atoms with Crippen molar-refractivity contribution in [1.29, 1.82) is 0 Å². The lowest BCUT2D eigenvalue weighted by atomic mass is 9.39. The van der Waals surface area contributed by atoms with Crippen LogP contribution in [0.3, 0.4) is 0 Å². The summed E-state index contributed by atoms with van der Waals surface area (Å²) in [7, 11) is 0. The predicted molar refractivity (Wildman–Crippen MR) is 163 cm³/mol. The number of esters is 1. The van der Waals surface area contributed by atoms with E-state index in [4.69, 9.17) is 4.74 Å². The number of carboxylic acid groups (broad SMARTS) is 1. The van der Waals surface area contributed by atoms with Crippen LogP contribution in [-0.4, -0.2) is 23.1 Å². The predicted octanol–water partition coefficient (Wildman–Crippen LogP) is 7.71. The molecular weight excluding hydrogens is 520 g/mol. The second-order valence-electron chi connectivity index (χ2n) is 12.2. The summed E-state index contributed by atoms with van der Waals surface area (Å²) in [6, 6.07) is 34.8. The van der Waals surface area contributed by atoms with Gasteiger partial charge in [0.05, 0.1) is 5.41 Å². The molecule has 4 bridgehead atoms. The third kappa shape index (κ3) is 3.24. The SMILES string of the molecule is CCC(CC(=O)O)C12c3ccccc3C(c3ccccc31)C1(C(CC)OC(C)=O)c3ccccc3C2c2ccccc21. The van der Waals surface area contributed by atoms with E-state index in [-0.39, 0.29) is 30.1 Å². The second kappa shape index (κ2) is 9.69. The van der Waals surface area contributed by atoms with E-state index in [2.05, 4.69) is 111 Å². The van der Waals surface area contributed by atoms with Crippen LogP contribution in [0.15, 0.2) is 97.1 Å². The van der Waals surface area contributed by atoms with Crippen LogP contribution in [0.2, 0.25) is 0 Å². The summed E-state index contributed by atoms with van der Waals surface area (Å²) in [5.41, 5.74) is 8.32. The van der Waals surface area contributed by atoms with Gasteiger partial charge in [-0.1, -0.05) is 117 Å². The molecule has 42 heavy (non-hydrogen) atoms. The lowest BCUT2D eigenvalue weighted by Crippen LogP contribution is -2.59. The highest BCUT2D eigenvalue weighted by Crippen LogP contribution is 2.71. The van der Waals surface area contributed by atoms with E-state index in [1.54, 1.807) is 0 Å². The topological polar surface area (TPSA) is 63.6 Å². The first kappa shape index (κ1) is 26.7. The molecule has 4 aromatic carbocycles. The zero-order chi connectivity index (χ0) is 29.2. The molecule has 0 aromatic heterocycles. The van der Waals surface area contributed by atoms with Crippen molar-refractivity contribution in [3.05, 3.63) is 142 Å². The molecule has 6 aliphatic carbocycles. The van der Waals surface area contributed by atoms with Gasteiger partial charge in [-0.15, -0.1) is 0 Å². The monoisotopic (exact) mass is 556 g/mol. The number of ether oxygens (including phenoxy) is 1. The fourth-order valence-electron chi connectivity index (χ4n) is 9.48. The molecule has 0 heterocycles. The molecule has 212 valence electrons. The standard InChI is InChI=1S/C38H36O4/c1-4-24(22-34(40)41)37-29-18-10-6-14-25(29)36(26-15-7-11-19-30(26)37)38(33(5-2)42-23(3)39)31-20-12-8-16-27(31)35(37)28-17-9-13-21-32(28)38/h6-21,24,33,35-36H,4-5,22H2,1-3H3,(H,40,41). The van der Waals surface area contributed by atoms with Gasteiger partial charge in [0.2, 0.25) is 0 Å². The highest BCUT2D eigenvalue weighted by molar-refractivity contribution is 5.76. The first-order chi connectivity index (χ1) is 20.4. The average Bonchev–Trinajstić information content (AvgIpc) is 2.99. The second-order valence-corrected chi connectivity index (χ2v) is 12.2. The molecule has 0 fully saturated rings. The van der Waals surface area contributed by atoms with Crippen LogP contribution in [0.25, 0.3) is 0 Å². The smallest absolute Gasteiger partial charge is 0.303 e. The van der Waals surface area contributed by atoms with Crippen molar-refractivity contribution >= 4 is 11.9 Å². The summed E-state index contributed by atoms with van der Waals surface area (Å²) in [5, 5.41) is 10.3.